The van der Waals surface area contributed by atoms with Crippen molar-refractivity contribution in [2.45, 2.75) is 25.4 Å². The lowest BCUT2D eigenvalue weighted by atomic mass is 10.2. The standard InChI is InChI=1S/C10H13N3O2/c14-9-2-1-8(13-9)10(15)12-6-7-3-4-11-5-7/h3-5,8,11H,1-2,6H2,(H,12,15)(H,13,14)/t8-/m1/s1. The summed E-state index contributed by atoms with van der Waals surface area (Å²) in [6, 6.07) is 1.55. The molecule has 1 atom stereocenters. The number of rotatable bonds is 3. The highest BCUT2D eigenvalue weighted by Gasteiger charge is 2.26. The Bertz CT molecular complexity index is 359. The molecule has 1 aliphatic rings. The molecule has 15 heavy (non-hydrogen) atoms. The van der Waals surface area contributed by atoms with Crippen molar-refractivity contribution in [2.75, 3.05) is 0 Å². The molecule has 1 saturated heterocycles. The minimum atomic E-state index is -0.351. The maximum atomic E-state index is 11.6. The van der Waals surface area contributed by atoms with Gasteiger partial charge in [0, 0.05) is 25.4 Å². The number of H-pyrrole nitrogens is 1. The van der Waals surface area contributed by atoms with E-state index in [9.17, 15) is 9.59 Å². The van der Waals surface area contributed by atoms with Crippen LogP contribution < -0.4 is 10.6 Å². The third-order valence-electron chi connectivity index (χ3n) is 2.44. The third-order valence-corrected chi connectivity index (χ3v) is 2.44. The second-order valence-corrected chi connectivity index (χ2v) is 3.60. The van der Waals surface area contributed by atoms with Crippen LogP contribution in [0.1, 0.15) is 18.4 Å². The molecule has 0 unspecified atom stereocenters. The smallest absolute Gasteiger partial charge is 0.242 e. The molecule has 2 rings (SSSR count). The quantitative estimate of drug-likeness (QED) is 0.648. The molecular weight excluding hydrogens is 194 g/mol. The Morgan fingerprint density at radius 2 is 2.47 bits per heavy atom. The molecule has 0 bridgehead atoms. The molecule has 0 aliphatic carbocycles. The first-order valence-electron chi connectivity index (χ1n) is 4.94. The summed E-state index contributed by atoms with van der Waals surface area (Å²) < 4.78 is 0. The summed E-state index contributed by atoms with van der Waals surface area (Å²) in [7, 11) is 0. The Hall–Kier alpha value is -1.78. The lowest BCUT2D eigenvalue weighted by Crippen LogP contribution is -2.41. The molecule has 5 heteroatoms. The van der Waals surface area contributed by atoms with Gasteiger partial charge in [-0.25, -0.2) is 0 Å². The molecule has 1 aromatic rings. The SMILES string of the molecule is O=C1CC[C@H](C(=O)NCc2cc[nH]c2)N1. The van der Waals surface area contributed by atoms with Gasteiger partial charge in [-0.3, -0.25) is 9.59 Å². The first-order valence-corrected chi connectivity index (χ1v) is 4.94. The van der Waals surface area contributed by atoms with Gasteiger partial charge in [-0.1, -0.05) is 0 Å². The molecule has 3 N–H and O–H groups in total. The summed E-state index contributed by atoms with van der Waals surface area (Å²) >= 11 is 0. The average Bonchev–Trinajstić information content (AvgIpc) is 2.84. The third kappa shape index (κ3) is 2.37. The van der Waals surface area contributed by atoms with E-state index in [0.717, 1.165) is 5.56 Å². The highest BCUT2D eigenvalue weighted by Crippen LogP contribution is 2.06. The molecule has 2 amide bonds. The molecule has 1 fully saturated rings. The lowest BCUT2D eigenvalue weighted by Gasteiger charge is -2.09. The maximum Gasteiger partial charge on any atom is 0.242 e. The van der Waals surface area contributed by atoms with Crippen molar-refractivity contribution in [3.05, 3.63) is 24.0 Å². The molecular formula is C10H13N3O2. The largest absolute Gasteiger partial charge is 0.367 e. The summed E-state index contributed by atoms with van der Waals surface area (Å²) in [6.45, 7) is 0.495. The average molecular weight is 207 g/mol. The first kappa shape index (κ1) is 9.76. The van der Waals surface area contributed by atoms with Gasteiger partial charge in [-0.05, 0) is 18.1 Å². The van der Waals surface area contributed by atoms with E-state index in [1.54, 1.807) is 6.20 Å². The van der Waals surface area contributed by atoms with Gasteiger partial charge in [0.05, 0.1) is 0 Å². The van der Waals surface area contributed by atoms with Crippen molar-refractivity contribution in [3.63, 3.8) is 0 Å². The van der Waals surface area contributed by atoms with Crippen LogP contribution in [-0.2, 0) is 16.1 Å². The predicted molar refractivity (Wildman–Crippen MR) is 53.8 cm³/mol. The Labute approximate surface area is 87.2 Å². The molecule has 80 valence electrons. The van der Waals surface area contributed by atoms with E-state index < -0.39 is 0 Å². The van der Waals surface area contributed by atoms with Crippen LogP contribution in [0.25, 0.3) is 0 Å². The zero-order valence-electron chi connectivity index (χ0n) is 8.25. The van der Waals surface area contributed by atoms with Crippen LogP contribution in [0.15, 0.2) is 18.5 Å². The summed E-state index contributed by atoms with van der Waals surface area (Å²) in [5, 5.41) is 5.40. The zero-order chi connectivity index (χ0) is 10.7. The lowest BCUT2D eigenvalue weighted by molar-refractivity contribution is -0.125. The number of carbonyl (C=O) groups is 2. The molecule has 1 aliphatic heterocycles. The molecule has 0 radical (unpaired) electrons. The van der Waals surface area contributed by atoms with E-state index in [0.29, 0.717) is 19.4 Å². The molecule has 2 heterocycles. The van der Waals surface area contributed by atoms with E-state index in [4.69, 9.17) is 0 Å². The van der Waals surface area contributed by atoms with Crippen LogP contribution in [0.5, 0.6) is 0 Å². The fourth-order valence-corrected chi connectivity index (χ4v) is 1.59. The number of amides is 2. The van der Waals surface area contributed by atoms with Gasteiger partial charge in [0.25, 0.3) is 0 Å². The van der Waals surface area contributed by atoms with Crippen molar-refractivity contribution in [1.82, 2.24) is 15.6 Å². The Kier molecular flexibility index (Phi) is 2.71. The zero-order valence-corrected chi connectivity index (χ0v) is 8.25. The van der Waals surface area contributed by atoms with Crippen LogP contribution >= 0.6 is 0 Å². The van der Waals surface area contributed by atoms with Crippen LogP contribution in [0.3, 0.4) is 0 Å². The molecule has 0 spiro atoms. The van der Waals surface area contributed by atoms with Crippen LogP contribution in [0.4, 0.5) is 0 Å². The maximum absolute atomic E-state index is 11.6. The van der Waals surface area contributed by atoms with Gasteiger partial charge >= 0.3 is 0 Å². The van der Waals surface area contributed by atoms with E-state index in [1.165, 1.54) is 0 Å². The summed E-state index contributed by atoms with van der Waals surface area (Å²) in [5.74, 6) is -0.154. The topological polar surface area (TPSA) is 74.0 Å². The van der Waals surface area contributed by atoms with E-state index >= 15 is 0 Å². The van der Waals surface area contributed by atoms with Crippen molar-refractivity contribution < 1.29 is 9.59 Å². The second kappa shape index (κ2) is 4.16. The van der Waals surface area contributed by atoms with Gasteiger partial charge in [0.1, 0.15) is 6.04 Å². The van der Waals surface area contributed by atoms with Crippen LogP contribution in [0.2, 0.25) is 0 Å². The monoisotopic (exact) mass is 207 g/mol. The summed E-state index contributed by atoms with van der Waals surface area (Å²) in [6.07, 6.45) is 4.67. The fraction of sp³-hybridized carbons (Fsp3) is 0.400. The Morgan fingerprint density at radius 3 is 3.07 bits per heavy atom. The highest BCUT2D eigenvalue weighted by molar-refractivity contribution is 5.90. The first-order chi connectivity index (χ1) is 7.25. The highest BCUT2D eigenvalue weighted by atomic mass is 16.2. The van der Waals surface area contributed by atoms with Crippen molar-refractivity contribution in [1.29, 1.82) is 0 Å². The molecule has 5 nitrogen and oxygen atoms in total. The Balaban J connectivity index is 1.80. The minimum Gasteiger partial charge on any atom is -0.367 e. The van der Waals surface area contributed by atoms with E-state index in [2.05, 4.69) is 15.6 Å². The van der Waals surface area contributed by atoms with Crippen molar-refractivity contribution in [3.8, 4) is 0 Å². The second-order valence-electron chi connectivity index (χ2n) is 3.60. The van der Waals surface area contributed by atoms with Gasteiger partial charge < -0.3 is 15.6 Å². The normalized spacial score (nSPS) is 20.0. The van der Waals surface area contributed by atoms with Gasteiger partial charge in [-0.2, -0.15) is 0 Å². The number of carbonyl (C=O) groups excluding carboxylic acids is 2. The number of nitrogens with one attached hydrogen (secondary N) is 3. The fourth-order valence-electron chi connectivity index (χ4n) is 1.59. The van der Waals surface area contributed by atoms with E-state index in [-0.39, 0.29) is 17.9 Å². The van der Waals surface area contributed by atoms with Gasteiger partial charge in [-0.15, -0.1) is 0 Å². The minimum absolute atomic E-state index is 0.0446. The van der Waals surface area contributed by atoms with Crippen LogP contribution in [0, 0.1) is 0 Å². The number of hydrogen-bond donors (Lipinski definition) is 3. The predicted octanol–water partition coefficient (Wildman–Crippen LogP) is -0.0905. The Morgan fingerprint density at radius 1 is 1.60 bits per heavy atom. The van der Waals surface area contributed by atoms with Gasteiger partial charge in [0.2, 0.25) is 11.8 Å². The summed E-state index contributed by atoms with van der Waals surface area (Å²) in [5.41, 5.74) is 1.02. The van der Waals surface area contributed by atoms with Crippen molar-refractivity contribution in [2.24, 2.45) is 0 Å². The number of hydrogen-bond acceptors (Lipinski definition) is 2. The van der Waals surface area contributed by atoms with Gasteiger partial charge in [0.15, 0.2) is 0 Å². The number of aromatic nitrogens is 1. The van der Waals surface area contributed by atoms with Crippen LogP contribution in [-0.4, -0.2) is 22.8 Å². The number of aromatic amines is 1. The van der Waals surface area contributed by atoms with Crippen molar-refractivity contribution >= 4 is 11.8 Å². The molecule has 0 saturated carbocycles. The van der Waals surface area contributed by atoms with E-state index in [1.807, 2.05) is 12.3 Å². The molecule has 0 aromatic carbocycles. The molecule has 1 aromatic heterocycles. The summed E-state index contributed by atoms with van der Waals surface area (Å²) in [4.78, 5) is 25.4.